The van der Waals surface area contributed by atoms with Crippen molar-refractivity contribution in [2.24, 2.45) is 0 Å². The van der Waals surface area contributed by atoms with Gasteiger partial charge < -0.3 is 19.3 Å². The zero-order chi connectivity index (χ0) is 41.1. The lowest BCUT2D eigenvalue weighted by molar-refractivity contribution is -0.161. The molecule has 1 atom stereocenters. The standard InChI is InChI=1S/C47H77O8P/c1-3-5-7-9-11-13-15-17-19-21-22-23-24-26-28-30-32-34-36-38-40-42-47(49)55-45(44-54-56(50,51)52)43-53-46(48)41-39-37-35-33-31-29-27-25-20-18-16-14-12-10-8-6-4-2/h12,14,18-21,23-24,27-30,33-36,45H,3-11,13,15-17,22,25-26,31-32,37-44H2,1-2H3,(H2,50,51,52)/b14-12+,20-18+,21-19+,24-23+,29-27+,30-28+,35-33+,36-34+/t45-/m1/s1. The summed E-state index contributed by atoms with van der Waals surface area (Å²) >= 11 is 0. The van der Waals surface area contributed by atoms with E-state index < -0.39 is 32.5 Å². The summed E-state index contributed by atoms with van der Waals surface area (Å²) in [4.78, 5) is 42.8. The molecule has 0 saturated heterocycles. The molecule has 0 fully saturated rings. The number of hydrogen-bond acceptors (Lipinski definition) is 6. The largest absolute Gasteiger partial charge is 0.469 e. The molecule has 8 nitrogen and oxygen atoms in total. The zero-order valence-electron chi connectivity index (χ0n) is 35.0. The van der Waals surface area contributed by atoms with Crippen molar-refractivity contribution >= 4 is 19.8 Å². The van der Waals surface area contributed by atoms with Crippen LogP contribution in [0.5, 0.6) is 0 Å². The Morgan fingerprint density at radius 2 is 0.804 bits per heavy atom. The van der Waals surface area contributed by atoms with Gasteiger partial charge in [-0.1, -0.05) is 162 Å². The molecule has 0 bridgehead atoms. The molecule has 0 aromatic heterocycles. The first-order valence-electron chi connectivity index (χ1n) is 21.5. The maximum atomic E-state index is 12.4. The average molecular weight is 801 g/mol. The van der Waals surface area contributed by atoms with E-state index in [4.69, 9.17) is 19.3 Å². The van der Waals surface area contributed by atoms with Gasteiger partial charge in [0.15, 0.2) is 6.10 Å². The van der Waals surface area contributed by atoms with Gasteiger partial charge in [0.25, 0.3) is 0 Å². The molecule has 0 aliphatic carbocycles. The highest BCUT2D eigenvalue weighted by Gasteiger charge is 2.22. The summed E-state index contributed by atoms with van der Waals surface area (Å²) in [6.07, 6.45) is 57.1. The van der Waals surface area contributed by atoms with Crippen LogP contribution in [-0.2, 0) is 28.2 Å². The van der Waals surface area contributed by atoms with E-state index in [2.05, 4.69) is 103 Å². The molecule has 0 unspecified atom stereocenters. The number of phosphoric acid groups is 1. The first-order valence-corrected chi connectivity index (χ1v) is 23.1. The fourth-order valence-corrected chi connectivity index (χ4v) is 5.72. The van der Waals surface area contributed by atoms with Crippen LogP contribution in [0.3, 0.4) is 0 Å². The van der Waals surface area contributed by atoms with Crippen LogP contribution in [-0.4, -0.2) is 41.0 Å². The van der Waals surface area contributed by atoms with Crippen LogP contribution in [0, 0.1) is 0 Å². The molecule has 0 radical (unpaired) electrons. The van der Waals surface area contributed by atoms with Gasteiger partial charge in [0.05, 0.1) is 6.61 Å². The Balaban J connectivity index is 4.13. The van der Waals surface area contributed by atoms with Gasteiger partial charge in [-0.05, 0) is 89.9 Å². The first kappa shape index (κ1) is 53.0. The van der Waals surface area contributed by atoms with Crippen molar-refractivity contribution in [3.05, 3.63) is 97.2 Å². The fraction of sp³-hybridized carbons (Fsp3) is 0.617. The van der Waals surface area contributed by atoms with E-state index in [1.807, 2.05) is 12.2 Å². The topological polar surface area (TPSA) is 119 Å². The number of unbranched alkanes of at least 4 members (excludes halogenated alkanes) is 12. The van der Waals surface area contributed by atoms with Crippen molar-refractivity contribution in [2.45, 2.75) is 174 Å². The second-order valence-electron chi connectivity index (χ2n) is 14.0. The summed E-state index contributed by atoms with van der Waals surface area (Å²) in [5, 5.41) is 0. The average Bonchev–Trinajstić information content (AvgIpc) is 3.17. The number of ether oxygens (including phenoxy) is 2. The van der Waals surface area contributed by atoms with E-state index in [9.17, 15) is 14.2 Å². The molecule has 0 saturated carbocycles. The highest BCUT2D eigenvalue weighted by atomic mass is 31.2. The third-order valence-electron chi connectivity index (χ3n) is 8.58. The third kappa shape index (κ3) is 43.7. The van der Waals surface area contributed by atoms with Crippen molar-refractivity contribution in [3.63, 3.8) is 0 Å². The summed E-state index contributed by atoms with van der Waals surface area (Å²) in [6.45, 7) is 3.55. The molecule has 0 rings (SSSR count). The predicted molar refractivity (Wildman–Crippen MR) is 234 cm³/mol. The Labute approximate surface area is 341 Å². The van der Waals surface area contributed by atoms with Crippen LogP contribution < -0.4 is 0 Å². The molecule has 318 valence electrons. The number of esters is 2. The summed E-state index contributed by atoms with van der Waals surface area (Å²) < 4.78 is 26.3. The number of hydrogen-bond donors (Lipinski definition) is 2. The maximum absolute atomic E-state index is 12.4. The van der Waals surface area contributed by atoms with Gasteiger partial charge in [0, 0.05) is 12.8 Å². The normalized spacial score (nSPS) is 13.4. The van der Waals surface area contributed by atoms with Gasteiger partial charge >= 0.3 is 19.8 Å². The van der Waals surface area contributed by atoms with Crippen LogP contribution in [0.4, 0.5) is 0 Å². The lowest BCUT2D eigenvalue weighted by atomic mass is 10.1. The molecule has 0 aromatic rings. The fourth-order valence-electron chi connectivity index (χ4n) is 5.36. The number of carbonyl (C=O) groups is 2. The van der Waals surface area contributed by atoms with Gasteiger partial charge in [-0.25, -0.2) is 4.57 Å². The highest BCUT2D eigenvalue weighted by molar-refractivity contribution is 7.46. The Hall–Kier alpha value is -3.03. The molecule has 0 aliphatic rings. The maximum Gasteiger partial charge on any atom is 0.469 e. The minimum Gasteiger partial charge on any atom is -0.462 e. The molecule has 0 aliphatic heterocycles. The lowest BCUT2D eigenvalue weighted by Gasteiger charge is -2.18. The Morgan fingerprint density at radius 1 is 0.464 bits per heavy atom. The van der Waals surface area contributed by atoms with Crippen LogP contribution in [0.2, 0.25) is 0 Å². The molecule has 0 heterocycles. The van der Waals surface area contributed by atoms with Crippen LogP contribution in [0.15, 0.2) is 97.2 Å². The van der Waals surface area contributed by atoms with E-state index in [1.165, 1.54) is 77.0 Å². The summed E-state index contributed by atoms with van der Waals surface area (Å²) in [5.41, 5.74) is 0. The van der Waals surface area contributed by atoms with E-state index in [0.717, 1.165) is 38.5 Å². The van der Waals surface area contributed by atoms with Crippen molar-refractivity contribution in [2.75, 3.05) is 13.2 Å². The third-order valence-corrected chi connectivity index (χ3v) is 9.06. The Bertz CT molecular complexity index is 1220. The zero-order valence-corrected chi connectivity index (χ0v) is 35.9. The molecular formula is C47H77O8P. The Kier molecular flexibility index (Phi) is 39.3. The van der Waals surface area contributed by atoms with E-state index in [1.54, 1.807) is 0 Å². The van der Waals surface area contributed by atoms with Crippen LogP contribution in [0.25, 0.3) is 0 Å². The van der Waals surface area contributed by atoms with Gasteiger partial charge in [0.1, 0.15) is 6.61 Å². The smallest absolute Gasteiger partial charge is 0.462 e. The quantitative estimate of drug-likeness (QED) is 0.0274. The van der Waals surface area contributed by atoms with E-state index >= 15 is 0 Å². The summed E-state index contributed by atoms with van der Waals surface area (Å²) in [6, 6.07) is 0. The molecule has 2 N–H and O–H groups in total. The number of carbonyl (C=O) groups excluding carboxylic acids is 2. The molecular weight excluding hydrogens is 723 g/mol. The molecule has 0 amide bonds. The van der Waals surface area contributed by atoms with Crippen molar-refractivity contribution < 1.29 is 37.9 Å². The van der Waals surface area contributed by atoms with E-state index in [0.29, 0.717) is 25.7 Å². The second-order valence-corrected chi connectivity index (χ2v) is 15.2. The Morgan fingerprint density at radius 3 is 1.23 bits per heavy atom. The van der Waals surface area contributed by atoms with Gasteiger partial charge in [-0.15, -0.1) is 0 Å². The first-order chi connectivity index (χ1) is 27.3. The molecule has 0 aromatic carbocycles. The second kappa shape index (κ2) is 41.6. The number of allylic oxidation sites excluding steroid dienone is 16. The van der Waals surface area contributed by atoms with Crippen molar-refractivity contribution in [1.82, 2.24) is 0 Å². The minimum absolute atomic E-state index is 0.119. The monoisotopic (exact) mass is 801 g/mol. The van der Waals surface area contributed by atoms with Gasteiger partial charge in [-0.3, -0.25) is 14.1 Å². The van der Waals surface area contributed by atoms with Crippen molar-refractivity contribution in [1.29, 1.82) is 0 Å². The van der Waals surface area contributed by atoms with Crippen LogP contribution >= 0.6 is 7.82 Å². The van der Waals surface area contributed by atoms with Crippen LogP contribution in [0.1, 0.15) is 168 Å². The number of phosphoric ester groups is 1. The van der Waals surface area contributed by atoms with Gasteiger partial charge in [0.2, 0.25) is 0 Å². The number of rotatable bonds is 38. The summed E-state index contributed by atoms with van der Waals surface area (Å²) in [5.74, 6) is -1.02. The molecule has 56 heavy (non-hydrogen) atoms. The molecule has 0 spiro atoms. The van der Waals surface area contributed by atoms with Gasteiger partial charge in [-0.2, -0.15) is 0 Å². The minimum atomic E-state index is -4.79. The predicted octanol–water partition coefficient (Wildman–Crippen LogP) is 13.4. The SMILES string of the molecule is CCCCC/C=C/C/C=C/C/C=C/C/C=C/CCCC(=O)OC[C@H](COP(=O)(O)O)OC(=O)CCC/C=C/C/C=C/C/C=C/C/C=C/CCCCCCCCC. The highest BCUT2D eigenvalue weighted by Crippen LogP contribution is 2.36. The lowest BCUT2D eigenvalue weighted by Crippen LogP contribution is -2.29. The van der Waals surface area contributed by atoms with Crippen molar-refractivity contribution in [3.8, 4) is 0 Å². The summed E-state index contributed by atoms with van der Waals surface area (Å²) in [7, 11) is -4.79. The molecule has 9 heteroatoms. The van der Waals surface area contributed by atoms with E-state index in [-0.39, 0.29) is 19.4 Å².